The molecule has 0 saturated heterocycles. The van der Waals surface area contributed by atoms with Crippen molar-refractivity contribution >= 4 is 58.0 Å². The molecule has 6 heteroatoms. The summed E-state index contributed by atoms with van der Waals surface area (Å²) >= 11 is 30.1. The smallest absolute Gasteiger partial charge is 0.142 e. The minimum Gasteiger partial charge on any atom is -0.487 e. The fraction of sp³-hybridized carbons (Fsp3) is 0.143. The molecule has 0 saturated carbocycles. The van der Waals surface area contributed by atoms with Crippen molar-refractivity contribution in [1.29, 1.82) is 0 Å². The number of halogens is 5. The third-order valence-electron chi connectivity index (χ3n) is 2.65. The molecule has 0 amide bonds. The molecule has 20 heavy (non-hydrogen) atoms. The molecule has 106 valence electrons. The third-order valence-corrected chi connectivity index (χ3v) is 4.15. The van der Waals surface area contributed by atoms with Crippen molar-refractivity contribution in [3.05, 3.63) is 61.5 Å². The van der Waals surface area contributed by atoms with E-state index in [1.807, 2.05) is 0 Å². The summed E-state index contributed by atoms with van der Waals surface area (Å²) in [5, 5.41) is 1.98. The molecule has 0 aliphatic rings. The lowest BCUT2D eigenvalue weighted by molar-refractivity contribution is 0.304. The molecule has 0 unspecified atom stereocenters. The lowest BCUT2D eigenvalue weighted by Crippen LogP contribution is -2.00. The van der Waals surface area contributed by atoms with E-state index in [2.05, 4.69) is 0 Å². The maximum atomic E-state index is 6.13. The summed E-state index contributed by atoms with van der Waals surface area (Å²) in [6.07, 6.45) is 0. The molecule has 0 aliphatic carbocycles. The molecule has 0 N–H and O–H groups in total. The summed E-state index contributed by atoms with van der Waals surface area (Å²) in [7, 11) is 0. The summed E-state index contributed by atoms with van der Waals surface area (Å²) in [6.45, 7) is 0.198. The Morgan fingerprint density at radius 3 is 2.15 bits per heavy atom. The van der Waals surface area contributed by atoms with E-state index < -0.39 is 0 Å². The van der Waals surface area contributed by atoms with Crippen molar-refractivity contribution in [2.45, 2.75) is 12.5 Å². The summed E-state index contributed by atoms with van der Waals surface area (Å²) in [6, 6.07) is 8.58. The zero-order valence-corrected chi connectivity index (χ0v) is 13.9. The fourth-order valence-electron chi connectivity index (χ4n) is 1.69. The Labute approximate surface area is 142 Å². The SMILES string of the molecule is ClCc1cc(Cl)cc(Cl)c1OCc1c(Cl)cccc1Cl. The van der Waals surface area contributed by atoms with E-state index in [4.69, 9.17) is 62.7 Å². The van der Waals surface area contributed by atoms with Gasteiger partial charge in [0.2, 0.25) is 0 Å². The molecule has 0 fully saturated rings. The summed E-state index contributed by atoms with van der Waals surface area (Å²) in [5.74, 6) is 0.730. The molecule has 1 nitrogen and oxygen atoms in total. The quantitative estimate of drug-likeness (QED) is 0.550. The zero-order valence-electron chi connectivity index (χ0n) is 10.1. The highest BCUT2D eigenvalue weighted by Gasteiger charge is 2.12. The average Bonchev–Trinajstić information content (AvgIpc) is 2.39. The molecule has 0 aromatic heterocycles. The number of alkyl halides is 1. The van der Waals surface area contributed by atoms with Crippen molar-refractivity contribution in [2.24, 2.45) is 0 Å². The van der Waals surface area contributed by atoms with Crippen molar-refractivity contribution in [3.63, 3.8) is 0 Å². The molecule has 0 aliphatic heterocycles. The van der Waals surface area contributed by atoms with E-state index >= 15 is 0 Å². The van der Waals surface area contributed by atoms with Crippen LogP contribution in [0.3, 0.4) is 0 Å². The van der Waals surface area contributed by atoms with Gasteiger partial charge in [-0.3, -0.25) is 0 Å². The van der Waals surface area contributed by atoms with Gasteiger partial charge in [0.1, 0.15) is 12.4 Å². The van der Waals surface area contributed by atoms with Crippen LogP contribution < -0.4 is 4.74 Å². The number of rotatable bonds is 4. The number of ether oxygens (including phenoxy) is 1. The molecule has 0 bridgehead atoms. The van der Waals surface area contributed by atoms with Crippen LogP contribution in [0.1, 0.15) is 11.1 Å². The van der Waals surface area contributed by atoms with Crippen molar-refractivity contribution in [1.82, 2.24) is 0 Å². The highest BCUT2D eigenvalue weighted by atomic mass is 35.5. The van der Waals surface area contributed by atoms with Gasteiger partial charge in [0, 0.05) is 26.2 Å². The second-order valence-electron chi connectivity index (χ2n) is 4.00. The van der Waals surface area contributed by atoms with E-state index in [-0.39, 0.29) is 12.5 Å². The molecule has 2 rings (SSSR count). The first kappa shape index (κ1) is 16.1. The summed E-state index contributed by atoms with van der Waals surface area (Å²) < 4.78 is 5.72. The van der Waals surface area contributed by atoms with E-state index in [0.717, 1.165) is 0 Å². The monoisotopic (exact) mass is 368 g/mol. The van der Waals surface area contributed by atoms with Gasteiger partial charge in [-0.15, -0.1) is 11.6 Å². The molecular formula is C14H9Cl5O. The largest absolute Gasteiger partial charge is 0.487 e. The number of hydrogen-bond donors (Lipinski definition) is 0. The molecule has 2 aromatic rings. The molecule has 2 aromatic carbocycles. The van der Waals surface area contributed by atoms with Crippen LogP contribution in [0.2, 0.25) is 20.1 Å². The predicted octanol–water partition coefficient (Wildman–Crippen LogP) is 6.62. The third kappa shape index (κ3) is 3.66. The maximum absolute atomic E-state index is 6.13. The molecule has 0 radical (unpaired) electrons. The Morgan fingerprint density at radius 1 is 0.900 bits per heavy atom. The van der Waals surface area contributed by atoms with Gasteiger partial charge in [-0.05, 0) is 24.3 Å². The van der Waals surface area contributed by atoms with Crippen molar-refractivity contribution in [2.75, 3.05) is 0 Å². The Morgan fingerprint density at radius 2 is 1.55 bits per heavy atom. The van der Waals surface area contributed by atoms with Gasteiger partial charge in [-0.25, -0.2) is 0 Å². The second kappa shape index (κ2) is 7.11. The standard InChI is InChI=1S/C14H9Cl5O/c15-6-8-4-9(16)5-13(19)14(8)20-7-10-11(17)2-1-3-12(10)18/h1-5H,6-7H2. The van der Waals surface area contributed by atoms with Crippen LogP contribution in [-0.4, -0.2) is 0 Å². The number of hydrogen-bond acceptors (Lipinski definition) is 1. The van der Waals surface area contributed by atoms with Gasteiger partial charge >= 0.3 is 0 Å². The van der Waals surface area contributed by atoms with Crippen LogP contribution in [0, 0.1) is 0 Å². The molecule has 0 spiro atoms. The highest BCUT2D eigenvalue weighted by Crippen LogP contribution is 2.35. The fourth-order valence-corrected chi connectivity index (χ4v) is 2.98. The lowest BCUT2D eigenvalue weighted by atomic mass is 10.2. The van der Waals surface area contributed by atoms with Crippen LogP contribution >= 0.6 is 58.0 Å². The van der Waals surface area contributed by atoms with E-state index in [0.29, 0.717) is 37.0 Å². The van der Waals surface area contributed by atoms with E-state index in [1.54, 1.807) is 30.3 Å². The predicted molar refractivity (Wildman–Crippen MR) is 86.8 cm³/mol. The molecule has 0 atom stereocenters. The zero-order chi connectivity index (χ0) is 14.7. The second-order valence-corrected chi connectivity index (χ2v) is 5.92. The van der Waals surface area contributed by atoms with Crippen LogP contribution in [-0.2, 0) is 12.5 Å². The minimum atomic E-state index is 0.198. The van der Waals surface area contributed by atoms with Gasteiger partial charge < -0.3 is 4.74 Å². The average molecular weight is 370 g/mol. The maximum Gasteiger partial charge on any atom is 0.142 e. The van der Waals surface area contributed by atoms with Crippen LogP contribution in [0.15, 0.2) is 30.3 Å². The lowest BCUT2D eigenvalue weighted by Gasteiger charge is -2.14. The minimum absolute atomic E-state index is 0.198. The Kier molecular flexibility index (Phi) is 5.71. The normalized spacial score (nSPS) is 10.7. The first-order valence-electron chi connectivity index (χ1n) is 5.62. The number of benzene rings is 2. The first-order chi connectivity index (χ1) is 9.52. The van der Waals surface area contributed by atoms with Gasteiger partial charge in [-0.2, -0.15) is 0 Å². The van der Waals surface area contributed by atoms with Crippen LogP contribution in [0.25, 0.3) is 0 Å². The molecular weight excluding hydrogens is 361 g/mol. The summed E-state index contributed by atoms with van der Waals surface area (Å²) in [5.41, 5.74) is 1.41. The summed E-state index contributed by atoms with van der Waals surface area (Å²) in [4.78, 5) is 0. The van der Waals surface area contributed by atoms with Crippen LogP contribution in [0.4, 0.5) is 0 Å². The van der Waals surface area contributed by atoms with E-state index in [9.17, 15) is 0 Å². The Hall–Kier alpha value is -0.310. The molecule has 0 heterocycles. The van der Waals surface area contributed by atoms with Crippen LogP contribution in [0.5, 0.6) is 5.75 Å². The highest BCUT2D eigenvalue weighted by molar-refractivity contribution is 6.36. The Bertz CT molecular complexity index is 607. The topological polar surface area (TPSA) is 9.23 Å². The Balaban J connectivity index is 2.27. The first-order valence-corrected chi connectivity index (χ1v) is 7.67. The van der Waals surface area contributed by atoms with Gasteiger partial charge in [0.05, 0.1) is 10.9 Å². The van der Waals surface area contributed by atoms with Crippen molar-refractivity contribution < 1.29 is 4.74 Å². The van der Waals surface area contributed by atoms with Crippen molar-refractivity contribution in [3.8, 4) is 5.75 Å². The van der Waals surface area contributed by atoms with Gasteiger partial charge in [0.15, 0.2) is 0 Å². The van der Waals surface area contributed by atoms with Gasteiger partial charge in [0.25, 0.3) is 0 Å². The van der Waals surface area contributed by atoms with Gasteiger partial charge in [-0.1, -0.05) is 52.5 Å². The van der Waals surface area contributed by atoms with E-state index in [1.165, 1.54) is 0 Å².